The Kier molecular flexibility index (Phi) is 7.56. The van der Waals surface area contributed by atoms with E-state index in [1.165, 1.54) is 18.2 Å². The number of hydrogen-bond acceptors (Lipinski definition) is 4. The maximum Gasteiger partial charge on any atom is 0.191 e. The van der Waals surface area contributed by atoms with Crippen molar-refractivity contribution in [3.8, 4) is 0 Å². The largest absolute Gasteiger partial charge is 0.365 e. The SMILES string of the molecule is CN=C(NCc1scnc1C)NC1CCN(c2c(F)cccc2F)C1.I. The van der Waals surface area contributed by atoms with Crippen molar-refractivity contribution in [2.24, 2.45) is 4.99 Å². The van der Waals surface area contributed by atoms with Gasteiger partial charge in [0.05, 0.1) is 17.7 Å². The van der Waals surface area contributed by atoms with Crippen LogP contribution < -0.4 is 15.5 Å². The van der Waals surface area contributed by atoms with E-state index in [0.717, 1.165) is 17.0 Å². The first-order chi connectivity index (χ1) is 12.1. The zero-order valence-electron chi connectivity index (χ0n) is 14.6. The van der Waals surface area contributed by atoms with E-state index in [1.54, 1.807) is 23.3 Å². The Bertz CT molecular complexity index is 747. The van der Waals surface area contributed by atoms with Crippen LogP contribution in [0.3, 0.4) is 0 Å². The highest BCUT2D eigenvalue weighted by atomic mass is 127. The van der Waals surface area contributed by atoms with Gasteiger partial charge in [0, 0.05) is 31.1 Å². The summed E-state index contributed by atoms with van der Waals surface area (Å²) in [6.45, 7) is 3.74. The molecule has 0 radical (unpaired) electrons. The molecule has 0 spiro atoms. The van der Waals surface area contributed by atoms with Gasteiger partial charge < -0.3 is 15.5 Å². The van der Waals surface area contributed by atoms with E-state index >= 15 is 0 Å². The molecule has 1 fully saturated rings. The van der Waals surface area contributed by atoms with Crippen LogP contribution in [0.15, 0.2) is 28.7 Å². The summed E-state index contributed by atoms with van der Waals surface area (Å²) in [7, 11) is 1.71. The summed E-state index contributed by atoms with van der Waals surface area (Å²) in [4.78, 5) is 11.3. The summed E-state index contributed by atoms with van der Waals surface area (Å²) < 4.78 is 27.9. The fourth-order valence-corrected chi connectivity index (χ4v) is 3.64. The molecule has 1 saturated heterocycles. The van der Waals surface area contributed by atoms with E-state index in [1.807, 2.05) is 12.4 Å². The number of aryl methyl sites for hydroxylation is 1. The molecule has 3 rings (SSSR count). The second-order valence-corrected chi connectivity index (χ2v) is 6.87. The predicted octanol–water partition coefficient (Wildman–Crippen LogP) is 3.29. The molecule has 0 amide bonds. The molecule has 26 heavy (non-hydrogen) atoms. The first-order valence-corrected chi connectivity index (χ1v) is 9.01. The number of anilines is 1. The van der Waals surface area contributed by atoms with Crippen molar-refractivity contribution in [1.82, 2.24) is 15.6 Å². The van der Waals surface area contributed by atoms with E-state index in [0.29, 0.717) is 25.6 Å². The molecular formula is C17H22F2IN5S. The molecule has 1 aliphatic rings. The van der Waals surface area contributed by atoms with Gasteiger partial charge in [-0.1, -0.05) is 6.07 Å². The molecule has 0 aliphatic carbocycles. The van der Waals surface area contributed by atoms with E-state index in [-0.39, 0.29) is 35.7 Å². The Morgan fingerprint density at radius 3 is 2.73 bits per heavy atom. The molecule has 142 valence electrons. The van der Waals surface area contributed by atoms with Gasteiger partial charge in [0.2, 0.25) is 0 Å². The Balaban J connectivity index is 0.00000243. The van der Waals surface area contributed by atoms with Crippen LogP contribution in [0.1, 0.15) is 17.0 Å². The molecular weight excluding hydrogens is 471 g/mol. The third kappa shape index (κ3) is 4.81. The minimum absolute atomic E-state index is 0. The summed E-state index contributed by atoms with van der Waals surface area (Å²) >= 11 is 1.60. The van der Waals surface area contributed by atoms with Gasteiger partial charge in [0.1, 0.15) is 17.3 Å². The second-order valence-electron chi connectivity index (χ2n) is 5.93. The molecule has 9 heteroatoms. The zero-order chi connectivity index (χ0) is 17.8. The lowest BCUT2D eigenvalue weighted by Crippen LogP contribution is -2.44. The third-order valence-corrected chi connectivity index (χ3v) is 5.20. The molecule has 0 bridgehead atoms. The van der Waals surface area contributed by atoms with Crippen molar-refractivity contribution >= 4 is 47.0 Å². The predicted molar refractivity (Wildman–Crippen MR) is 113 cm³/mol. The summed E-state index contributed by atoms with van der Waals surface area (Å²) in [5.41, 5.74) is 2.88. The van der Waals surface area contributed by atoms with Gasteiger partial charge in [-0.2, -0.15) is 0 Å². The summed E-state index contributed by atoms with van der Waals surface area (Å²) in [5.74, 6) is -0.374. The van der Waals surface area contributed by atoms with Crippen LogP contribution in [-0.4, -0.2) is 37.1 Å². The first kappa shape index (κ1) is 20.8. The van der Waals surface area contributed by atoms with Gasteiger partial charge in [-0.15, -0.1) is 35.3 Å². The van der Waals surface area contributed by atoms with Crippen LogP contribution in [-0.2, 0) is 6.54 Å². The van der Waals surface area contributed by atoms with Crippen LogP contribution in [0.4, 0.5) is 14.5 Å². The van der Waals surface area contributed by atoms with E-state index in [2.05, 4.69) is 20.6 Å². The number of thiazole rings is 1. The van der Waals surface area contributed by atoms with Gasteiger partial charge >= 0.3 is 0 Å². The fourth-order valence-electron chi connectivity index (χ4n) is 2.92. The molecule has 1 aliphatic heterocycles. The summed E-state index contributed by atoms with van der Waals surface area (Å²) in [5, 5.41) is 6.58. The van der Waals surface area contributed by atoms with Crippen molar-refractivity contribution < 1.29 is 8.78 Å². The topological polar surface area (TPSA) is 52.6 Å². The molecule has 1 unspecified atom stereocenters. The lowest BCUT2D eigenvalue weighted by Gasteiger charge is -2.21. The smallest absolute Gasteiger partial charge is 0.191 e. The number of guanidine groups is 1. The minimum atomic E-state index is -0.524. The minimum Gasteiger partial charge on any atom is -0.365 e. The quantitative estimate of drug-likeness (QED) is 0.390. The summed E-state index contributed by atoms with van der Waals surface area (Å²) in [6.07, 6.45) is 0.786. The molecule has 2 heterocycles. The number of rotatable bonds is 4. The van der Waals surface area contributed by atoms with Gasteiger partial charge in [0.25, 0.3) is 0 Å². The van der Waals surface area contributed by atoms with Crippen molar-refractivity contribution in [2.45, 2.75) is 25.9 Å². The number of nitrogens with zero attached hydrogens (tertiary/aromatic N) is 3. The van der Waals surface area contributed by atoms with E-state index < -0.39 is 11.6 Å². The molecule has 2 aromatic rings. The number of aromatic nitrogens is 1. The second kappa shape index (κ2) is 9.45. The van der Waals surface area contributed by atoms with Crippen LogP contribution in [0.5, 0.6) is 0 Å². The maximum absolute atomic E-state index is 13.9. The average molecular weight is 493 g/mol. The lowest BCUT2D eigenvalue weighted by atomic mass is 10.2. The normalized spacial score (nSPS) is 17.2. The van der Waals surface area contributed by atoms with Crippen LogP contribution in [0.25, 0.3) is 0 Å². The highest BCUT2D eigenvalue weighted by molar-refractivity contribution is 14.0. The summed E-state index contributed by atoms with van der Waals surface area (Å²) in [6, 6.07) is 4.04. The Labute approximate surface area is 172 Å². The number of benzene rings is 1. The highest BCUT2D eigenvalue weighted by Crippen LogP contribution is 2.26. The molecule has 5 nitrogen and oxygen atoms in total. The average Bonchev–Trinajstić information content (AvgIpc) is 3.20. The van der Waals surface area contributed by atoms with Gasteiger partial charge in [-0.25, -0.2) is 13.8 Å². The Hall–Kier alpha value is -1.49. The van der Waals surface area contributed by atoms with Crippen LogP contribution in [0, 0.1) is 18.6 Å². The van der Waals surface area contributed by atoms with Gasteiger partial charge in [0.15, 0.2) is 5.96 Å². The monoisotopic (exact) mass is 493 g/mol. The molecule has 1 aromatic heterocycles. The number of para-hydroxylation sites is 1. The van der Waals surface area contributed by atoms with Crippen LogP contribution >= 0.6 is 35.3 Å². The highest BCUT2D eigenvalue weighted by Gasteiger charge is 2.27. The van der Waals surface area contributed by atoms with Crippen molar-refractivity contribution in [3.63, 3.8) is 0 Å². The van der Waals surface area contributed by atoms with E-state index in [4.69, 9.17) is 0 Å². The number of halogens is 3. The molecule has 0 saturated carbocycles. The molecule has 1 aromatic carbocycles. The third-order valence-electron chi connectivity index (χ3n) is 4.27. The van der Waals surface area contributed by atoms with Gasteiger partial charge in [-0.05, 0) is 25.5 Å². The van der Waals surface area contributed by atoms with Crippen molar-refractivity contribution in [3.05, 3.63) is 45.9 Å². The van der Waals surface area contributed by atoms with Crippen molar-refractivity contribution in [2.75, 3.05) is 25.0 Å². The Morgan fingerprint density at radius 2 is 2.12 bits per heavy atom. The zero-order valence-corrected chi connectivity index (χ0v) is 17.8. The van der Waals surface area contributed by atoms with Crippen molar-refractivity contribution in [1.29, 1.82) is 0 Å². The number of hydrogen-bond donors (Lipinski definition) is 2. The lowest BCUT2D eigenvalue weighted by molar-refractivity contribution is 0.576. The molecule has 2 N–H and O–H groups in total. The number of aliphatic imine (C=N–C) groups is 1. The van der Waals surface area contributed by atoms with E-state index in [9.17, 15) is 8.78 Å². The fraction of sp³-hybridized carbons (Fsp3) is 0.412. The number of nitrogens with one attached hydrogen (secondary N) is 2. The van der Waals surface area contributed by atoms with Crippen LogP contribution in [0.2, 0.25) is 0 Å². The van der Waals surface area contributed by atoms with Gasteiger partial charge in [-0.3, -0.25) is 4.99 Å². The Morgan fingerprint density at radius 1 is 1.38 bits per heavy atom. The first-order valence-electron chi connectivity index (χ1n) is 8.13. The maximum atomic E-state index is 13.9. The molecule has 1 atom stereocenters. The standard InChI is InChI=1S/C17H21F2N5S.HI/c1-11-15(25-10-22-11)8-21-17(20-2)23-12-6-7-24(9-12)16-13(18)4-3-5-14(16)19;/h3-5,10,12H,6-9H2,1-2H3,(H2,20,21,23);1H.